The molecule has 2 heterocycles. The second-order valence-corrected chi connectivity index (χ2v) is 8.48. The summed E-state index contributed by atoms with van der Waals surface area (Å²) in [6, 6.07) is 7.25. The molecule has 29 heavy (non-hydrogen) atoms. The average Bonchev–Trinajstić information content (AvgIpc) is 2.98. The number of aromatic amines is 1. The lowest BCUT2D eigenvalue weighted by Gasteiger charge is -2.15. The number of carbonyl (C=O) groups is 2. The number of Topliss-reactive ketones (excluding diaryl/α,β-unsaturated/α-hetero) is 2. The number of fused-ring (bicyclic) bond motifs is 1. The summed E-state index contributed by atoms with van der Waals surface area (Å²) in [6.07, 6.45) is 0.784. The van der Waals surface area contributed by atoms with Crippen LogP contribution in [0.2, 0.25) is 0 Å². The summed E-state index contributed by atoms with van der Waals surface area (Å²) in [5.74, 6) is -0.183. The van der Waals surface area contributed by atoms with Gasteiger partial charge in [-0.25, -0.2) is 4.98 Å². The quantitative estimate of drug-likeness (QED) is 0.356. The van der Waals surface area contributed by atoms with E-state index in [0.717, 1.165) is 6.42 Å². The van der Waals surface area contributed by atoms with Crippen LogP contribution < -0.4 is 5.56 Å². The van der Waals surface area contributed by atoms with E-state index in [1.165, 1.54) is 18.7 Å². The Morgan fingerprint density at radius 3 is 2.55 bits per heavy atom. The summed E-state index contributed by atoms with van der Waals surface area (Å²) < 4.78 is 1.64. The van der Waals surface area contributed by atoms with E-state index >= 15 is 0 Å². The number of H-pyrrole nitrogens is 1. The van der Waals surface area contributed by atoms with Gasteiger partial charge < -0.3 is 4.98 Å². The molecule has 3 aromatic rings. The summed E-state index contributed by atoms with van der Waals surface area (Å²) in [7, 11) is 0. The highest BCUT2D eigenvalue weighted by molar-refractivity contribution is 8.00. The third-order valence-electron chi connectivity index (χ3n) is 4.96. The number of hydrogen-bond donors (Lipinski definition) is 1. The molecule has 0 spiro atoms. The van der Waals surface area contributed by atoms with Crippen LogP contribution >= 0.6 is 11.8 Å². The number of thioether (sulfide) groups is 1. The van der Waals surface area contributed by atoms with Crippen molar-refractivity contribution in [3.05, 3.63) is 57.1 Å². The molecule has 1 atom stereocenters. The highest BCUT2D eigenvalue weighted by Gasteiger charge is 2.25. The van der Waals surface area contributed by atoms with Gasteiger partial charge in [-0.05, 0) is 51.8 Å². The van der Waals surface area contributed by atoms with Crippen LogP contribution in [0.25, 0.3) is 10.9 Å². The molecular weight excluding hydrogens is 386 g/mol. The van der Waals surface area contributed by atoms with Gasteiger partial charge in [-0.3, -0.25) is 19.0 Å². The van der Waals surface area contributed by atoms with Crippen LogP contribution in [0.1, 0.15) is 59.3 Å². The van der Waals surface area contributed by atoms with Gasteiger partial charge in [-0.1, -0.05) is 30.8 Å². The zero-order valence-electron chi connectivity index (χ0n) is 17.3. The van der Waals surface area contributed by atoms with Crippen molar-refractivity contribution in [3.63, 3.8) is 0 Å². The highest BCUT2D eigenvalue weighted by Crippen LogP contribution is 2.27. The first-order valence-electron chi connectivity index (χ1n) is 9.66. The first-order valence-corrected chi connectivity index (χ1v) is 10.5. The van der Waals surface area contributed by atoms with E-state index in [-0.39, 0.29) is 17.1 Å². The molecule has 0 saturated heterocycles. The predicted octanol–water partition coefficient (Wildman–Crippen LogP) is 4.32. The molecule has 0 radical (unpaired) electrons. The lowest BCUT2D eigenvalue weighted by atomic mass is 10.0. The van der Waals surface area contributed by atoms with Gasteiger partial charge in [0.1, 0.15) is 0 Å². The monoisotopic (exact) mass is 411 g/mol. The third kappa shape index (κ3) is 3.92. The normalized spacial score (nSPS) is 12.3. The number of hydrogen-bond acceptors (Lipinski definition) is 5. The standard InChI is InChI=1S/C22H25N3O3S/c1-6-11-25-21(28)16-9-7-8-10-17(16)24-22(25)29-15(5)20(27)19-12(2)18(14(4)26)13(3)23-19/h7-10,15,23H,6,11H2,1-5H3/t15-/m1/s1. The molecule has 1 aromatic carbocycles. The summed E-state index contributed by atoms with van der Waals surface area (Å²) in [6.45, 7) is 9.41. The van der Waals surface area contributed by atoms with Crippen molar-refractivity contribution in [2.45, 2.75) is 58.0 Å². The number of nitrogens with one attached hydrogen (secondary N) is 1. The molecule has 3 rings (SSSR count). The van der Waals surface area contributed by atoms with Crippen LogP contribution in [-0.2, 0) is 6.54 Å². The van der Waals surface area contributed by atoms with Gasteiger partial charge in [0.05, 0.1) is 21.8 Å². The molecule has 0 aliphatic heterocycles. The number of benzene rings is 1. The Morgan fingerprint density at radius 1 is 1.24 bits per heavy atom. The van der Waals surface area contributed by atoms with Crippen molar-refractivity contribution in [2.24, 2.45) is 0 Å². The van der Waals surface area contributed by atoms with Crippen molar-refractivity contribution in [1.29, 1.82) is 0 Å². The predicted molar refractivity (Wildman–Crippen MR) is 116 cm³/mol. The number of aromatic nitrogens is 3. The van der Waals surface area contributed by atoms with Gasteiger partial charge in [0.15, 0.2) is 16.7 Å². The van der Waals surface area contributed by atoms with E-state index in [1.807, 2.05) is 19.1 Å². The summed E-state index contributed by atoms with van der Waals surface area (Å²) >= 11 is 1.27. The van der Waals surface area contributed by atoms with Crippen LogP contribution in [-0.4, -0.2) is 31.4 Å². The summed E-state index contributed by atoms with van der Waals surface area (Å²) in [5.41, 5.74) is 2.91. The summed E-state index contributed by atoms with van der Waals surface area (Å²) in [4.78, 5) is 45.6. The fraction of sp³-hybridized carbons (Fsp3) is 0.364. The molecule has 0 saturated carbocycles. The van der Waals surface area contributed by atoms with E-state index in [0.29, 0.717) is 45.1 Å². The Labute approximate surface area is 173 Å². The summed E-state index contributed by atoms with van der Waals surface area (Å²) in [5, 5.41) is 0.637. The Morgan fingerprint density at radius 2 is 1.93 bits per heavy atom. The van der Waals surface area contributed by atoms with Gasteiger partial charge in [-0.2, -0.15) is 0 Å². The maximum absolute atomic E-state index is 13.1. The van der Waals surface area contributed by atoms with E-state index in [4.69, 9.17) is 0 Å². The zero-order valence-corrected chi connectivity index (χ0v) is 18.1. The molecule has 6 nitrogen and oxygen atoms in total. The van der Waals surface area contributed by atoms with E-state index < -0.39 is 5.25 Å². The number of aryl methyl sites for hydroxylation is 1. The maximum Gasteiger partial charge on any atom is 0.262 e. The van der Waals surface area contributed by atoms with Crippen LogP contribution in [0.15, 0.2) is 34.2 Å². The largest absolute Gasteiger partial charge is 0.355 e. The number of para-hydroxylation sites is 1. The van der Waals surface area contributed by atoms with Crippen LogP contribution in [0, 0.1) is 13.8 Å². The first-order chi connectivity index (χ1) is 13.8. The average molecular weight is 412 g/mol. The Kier molecular flexibility index (Phi) is 6.07. The SMILES string of the molecule is CCCn1c(S[C@H](C)C(=O)c2[nH]c(C)c(C(C)=O)c2C)nc2ccccc2c1=O. The van der Waals surface area contributed by atoms with Gasteiger partial charge in [0.25, 0.3) is 5.56 Å². The van der Waals surface area contributed by atoms with Gasteiger partial charge in [0, 0.05) is 17.8 Å². The van der Waals surface area contributed by atoms with Crippen LogP contribution in [0.3, 0.4) is 0 Å². The van der Waals surface area contributed by atoms with Gasteiger partial charge in [0.2, 0.25) is 0 Å². The maximum atomic E-state index is 13.1. The molecule has 7 heteroatoms. The minimum atomic E-state index is -0.470. The molecule has 0 amide bonds. The van der Waals surface area contributed by atoms with Crippen LogP contribution in [0.5, 0.6) is 0 Å². The van der Waals surface area contributed by atoms with E-state index in [2.05, 4.69) is 9.97 Å². The van der Waals surface area contributed by atoms with Crippen molar-refractivity contribution < 1.29 is 9.59 Å². The molecule has 152 valence electrons. The molecule has 0 fully saturated rings. The lowest BCUT2D eigenvalue weighted by Crippen LogP contribution is -2.25. The van der Waals surface area contributed by atoms with Crippen LogP contribution in [0.4, 0.5) is 0 Å². The highest BCUT2D eigenvalue weighted by atomic mass is 32.2. The van der Waals surface area contributed by atoms with Crippen molar-refractivity contribution in [2.75, 3.05) is 0 Å². The van der Waals surface area contributed by atoms with Crippen molar-refractivity contribution in [1.82, 2.24) is 14.5 Å². The van der Waals surface area contributed by atoms with Crippen molar-refractivity contribution >= 4 is 34.2 Å². The lowest BCUT2D eigenvalue weighted by molar-refractivity contribution is 0.0988. The Balaban J connectivity index is 1.99. The Bertz CT molecular complexity index is 1160. The van der Waals surface area contributed by atoms with Crippen molar-refractivity contribution in [3.8, 4) is 0 Å². The number of carbonyl (C=O) groups excluding carboxylic acids is 2. The smallest absolute Gasteiger partial charge is 0.262 e. The molecule has 0 unspecified atom stereocenters. The molecular formula is C22H25N3O3S. The number of nitrogens with zero attached hydrogens (tertiary/aromatic N) is 2. The number of ketones is 2. The zero-order chi connectivity index (χ0) is 21.3. The van der Waals surface area contributed by atoms with Gasteiger partial charge in [-0.15, -0.1) is 0 Å². The number of rotatable bonds is 7. The van der Waals surface area contributed by atoms with E-state index in [1.54, 1.807) is 37.5 Å². The minimum absolute atomic E-state index is 0.0661. The fourth-order valence-corrected chi connectivity index (χ4v) is 4.59. The second kappa shape index (κ2) is 8.37. The third-order valence-corrected chi connectivity index (χ3v) is 6.05. The van der Waals surface area contributed by atoms with Gasteiger partial charge >= 0.3 is 0 Å². The molecule has 0 aliphatic rings. The Hall–Kier alpha value is -2.67. The van der Waals surface area contributed by atoms with E-state index in [9.17, 15) is 14.4 Å². The topological polar surface area (TPSA) is 84.8 Å². The first kappa shape index (κ1) is 21.0. The fourth-order valence-electron chi connectivity index (χ4n) is 3.60. The molecule has 0 aliphatic carbocycles. The molecule has 0 bridgehead atoms. The molecule has 1 N–H and O–H groups in total. The molecule has 2 aromatic heterocycles. The minimum Gasteiger partial charge on any atom is -0.355 e. The second-order valence-electron chi connectivity index (χ2n) is 7.17.